The van der Waals surface area contributed by atoms with E-state index < -0.39 is 30.9 Å². The van der Waals surface area contributed by atoms with Crippen molar-refractivity contribution >= 4 is 41.0 Å². The molecule has 0 aliphatic carbocycles. The zero-order valence-electron chi connectivity index (χ0n) is 19.0. The lowest BCUT2D eigenvalue weighted by Crippen LogP contribution is -2.32. The Balaban J connectivity index is 1.46. The van der Waals surface area contributed by atoms with E-state index in [1.165, 1.54) is 12.1 Å². The quantitative estimate of drug-likeness (QED) is 0.395. The van der Waals surface area contributed by atoms with Crippen molar-refractivity contribution in [2.24, 2.45) is 0 Å². The Kier molecular flexibility index (Phi) is 8.97. The second-order valence-corrected chi connectivity index (χ2v) is 8.05. The number of rotatable bonds is 9. The van der Waals surface area contributed by atoms with Gasteiger partial charge in [0.1, 0.15) is 6.54 Å². The summed E-state index contributed by atoms with van der Waals surface area (Å²) in [7, 11) is 0. The number of carbonyl (C=O) groups is 4. The lowest BCUT2D eigenvalue weighted by Gasteiger charge is -2.12. The van der Waals surface area contributed by atoms with Crippen molar-refractivity contribution < 1.29 is 23.9 Å². The molecule has 0 unspecified atom stereocenters. The fourth-order valence-corrected chi connectivity index (χ4v) is 3.14. The number of amides is 3. The highest BCUT2D eigenvalue weighted by Gasteiger charge is 2.15. The number of carbonyl (C=O) groups excluding carboxylic acids is 4. The first-order valence-corrected chi connectivity index (χ1v) is 11.1. The highest BCUT2D eigenvalue weighted by molar-refractivity contribution is 6.30. The summed E-state index contributed by atoms with van der Waals surface area (Å²) in [6, 6.07) is 20.4. The van der Waals surface area contributed by atoms with Gasteiger partial charge in [0.05, 0.1) is 11.3 Å². The SMILES string of the molecule is Cc1ccc(CNC(=O)c2ccccc2NC(=O)COC(=O)CNC(=O)c2ccc(Cl)cc2)cc1. The number of anilines is 1. The number of hydrogen-bond acceptors (Lipinski definition) is 5. The standard InChI is InChI=1S/C26H24ClN3O5/c1-17-6-8-18(9-7-17)14-28-26(34)21-4-2-3-5-22(21)30-23(31)16-35-24(32)15-29-25(33)19-10-12-20(27)13-11-19/h2-13H,14-16H2,1H3,(H,28,34)(H,29,33)(H,30,31). The molecule has 0 bridgehead atoms. The normalized spacial score (nSPS) is 10.2. The summed E-state index contributed by atoms with van der Waals surface area (Å²) in [4.78, 5) is 48.8. The molecule has 3 N–H and O–H groups in total. The summed E-state index contributed by atoms with van der Waals surface area (Å²) in [5, 5.41) is 8.28. The smallest absolute Gasteiger partial charge is 0.325 e. The number of esters is 1. The van der Waals surface area contributed by atoms with Crippen LogP contribution in [0.3, 0.4) is 0 Å². The van der Waals surface area contributed by atoms with E-state index in [-0.39, 0.29) is 17.2 Å². The third-order valence-electron chi connectivity index (χ3n) is 4.88. The monoisotopic (exact) mass is 493 g/mol. The highest BCUT2D eigenvalue weighted by atomic mass is 35.5. The van der Waals surface area contributed by atoms with Gasteiger partial charge in [-0.05, 0) is 48.9 Å². The largest absolute Gasteiger partial charge is 0.454 e. The van der Waals surface area contributed by atoms with Crippen LogP contribution in [0.4, 0.5) is 5.69 Å². The summed E-state index contributed by atoms with van der Waals surface area (Å²) in [5.41, 5.74) is 2.95. The van der Waals surface area contributed by atoms with Crippen molar-refractivity contribution in [3.63, 3.8) is 0 Å². The number of benzene rings is 3. The van der Waals surface area contributed by atoms with Gasteiger partial charge in [-0.25, -0.2) is 0 Å². The molecule has 0 spiro atoms. The maximum absolute atomic E-state index is 12.6. The van der Waals surface area contributed by atoms with E-state index in [9.17, 15) is 19.2 Å². The molecular formula is C26H24ClN3O5. The molecule has 3 rings (SSSR count). The van der Waals surface area contributed by atoms with Crippen LogP contribution in [0.5, 0.6) is 0 Å². The summed E-state index contributed by atoms with van der Waals surface area (Å²) in [6.07, 6.45) is 0. The summed E-state index contributed by atoms with van der Waals surface area (Å²) >= 11 is 5.78. The van der Waals surface area contributed by atoms with Crippen molar-refractivity contribution in [1.29, 1.82) is 0 Å². The Bertz CT molecular complexity index is 1210. The van der Waals surface area contributed by atoms with E-state index in [1.807, 2.05) is 31.2 Å². The van der Waals surface area contributed by atoms with Crippen molar-refractivity contribution in [3.8, 4) is 0 Å². The third-order valence-corrected chi connectivity index (χ3v) is 5.14. The van der Waals surface area contributed by atoms with Gasteiger partial charge in [0.25, 0.3) is 17.7 Å². The Morgan fingerprint density at radius 3 is 2.23 bits per heavy atom. The first-order valence-electron chi connectivity index (χ1n) is 10.7. The van der Waals surface area contributed by atoms with Gasteiger partial charge in [0, 0.05) is 17.1 Å². The minimum absolute atomic E-state index is 0.273. The van der Waals surface area contributed by atoms with Crippen LogP contribution in [0.2, 0.25) is 5.02 Å². The average molecular weight is 494 g/mol. The van der Waals surface area contributed by atoms with Crippen LogP contribution in [-0.2, 0) is 20.9 Å². The minimum atomic E-state index is -0.786. The Morgan fingerprint density at radius 2 is 1.51 bits per heavy atom. The predicted octanol–water partition coefficient (Wildman–Crippen LogP) is 3.49. The Hall–Kier alpha value is -4.17. The second-order valence-electron chi connectivity index (χ2n) is 7.61. The van der Waals surface area contributed by atoms with Gasteiger partial charge < -0.3 is 20.7 Å². The van der Waals surface area contributed by atoms with Gasteiger partial charge in [-0.3, -0.25) is 19.2 Å². The molecule has 0 heterocycles. The van der Waals surface area contributed by atoms with E-state index in [4.69, 9.17) is 16.3 Å². The molecule has 0 aliphatic rings. The Labute approximate surface area is 207 Å². The molecule has 3 amide bonds. The summed E-state index contributed by atoms with van der Waals surface area (Å²) in [5.74, 6) is -2.25. The van der Waals surface area contributed by atoms with E-state index in [1.54, 1.807) is 36.4 Å². The van der Waals surface area contributed by atoms with Crippen molar-refractivity contribution in [2.75, 3.05) is 18.5 Å². The lowest BCUT2D eigenvalue weighted by molar-refractivity contribution is -0.146. The van der Waals surface area contributed by atoms with E-state index >= 15 is 0 Å². The topological polar surface area (TPSA) is 114 Å². The molecule has 9 heteroatoms. The van der Waals surface area contributed by atoms with Crippen molar-refractivity contribution in [2.45, 2.75) is 13.5 Å². The zero-order valence-corrected chi connectivity index (χ0v) is 19.7. The van der Waals surface area contributed by atoms with Gasteiger partial charge in [0.15, 0.2) is 6.61 Å². The second kappa shape index (κ2) is 12.3. The van der Waals surface area contributed by atoms with Crippen LogP contribution in [0.1, 0.15) is 31.8 Å². The molecule has 0 atom stereocenters. The van der Waals surface area contributed by atoms with Gasteiger partial charge in [-0.1, -0.05) is 53.6 Å². The molecule has 0 aromatic heterocycles. The summed E-state index contributed by atoms with van der Waals surface area (Å²) < 4.78 is 4.91. The highest BCUT2D eigenvalue weighted by Crippen LogP contribution is 2.15. The third kappa shape index (κ3) is 7.97. The molecule has 0 fully saturated rings. The maximum Gasteiger partial charge on any atom is 0.325 e. The number of aryl methyl sites for hydroxylation is 1. The molecule has 0 radical (unpaired) electrons. The Morgan fingerprint density at radius 1 is 0.829 bits per heavy atom. The number of hydrogen-bond donors (Lipinski definition) is 3. The molecule has 180 valence electrons. The number of nitrogens with one attached hydrogen (secondary N) is 3. The van der Waals surface area contributed by atoms with Crippen LogP contribution in [-0.4, -0.2) is 36.8 Å². The zero-order chi connectivity index (χ0) is 25.2. The number of halogens is 1. The maximum atomic E-state index is 12.6. The van der Waals surface area contributed by atoms with E-state index in [2.05, 4.69) is 16.0 Å². The molecule has 0 saturated carbocycles. The van der Waals surface area contributed by atoms with Gasteiger partial charge in [-0.2, -0.15) is 0 Å². The van der Waals surface area contributed by atoms with Gasteiger partial charge in [0.2, 0.25) is 0 Å². The van der Waals surface area contributed by atoms with Crippen LogP contribution in [0, 0.1) is 6.92 Å². The lowest BCUT2D eigenvalue weighted by atomic mass is 10.1. The van der Waals surface area contributed by atoms with E-state index in [0.717, 1.165) is 11.1 Å². The fourth-order valence-electron chi connectivity index (χ4n) is 3.01. The molecule has 3 aromatic carbocycles. The van der Waals surface area contributed by atoms with E-state index in [0.29, 0.717) is 17.1 Å². The fraction of sp³-hybridized carbons (Fsp3) is 0.154. The molecule has 35 heavy (non-hydrogen) atoms. The number of para-hydroxylation sites is 1. The molecule has 0 aliphatic heterocycles. The number of ether oxygens (including phenoxy) is 1. The summed E-state index contributed by atoms with van der Waals surface area (Å²) in [6.45, 7) is 1.33. The first kappa shape index (κ1) is 25.5. The first-order chi connectivity index (χ1) is 16.8. The van der Waals surface area contributed by atoms with Gasteiger partial charge in [-0.15, -0.1) is 0 Å². The molecule has 3 aromatic rings. The van der Waals surface area contributed by atoms with Crippen LogP contribution < -0.4 is 16.0 Å². The van der Waals surface area contributed by atoms with Crippen molar-refractivity contribution in [1.82, 2.24) is 10.6 Å². The van der Waals surface area contributed by atoms with Crippen LogP contribution >= 0.6 is 11.6 Å². The average Bonchev–Trinajstić information content (AvgIpc) is 2.86. The molecule has 0 saturated heterocycles. The predicted molar refractivity (Wildman–Crippen MR) is 132 cm³/mol. The van der Waals surface area contributed by atoms with Gasteiger partial charge >= 0.3 is 5.97 Å². The van der Waals surface area contributed by atoms with Crippen LogP contribution in [0.25, 0.3) is 0 Å². The van der Waals surface area contributed by atoms with Crippen molar-refractivity contribution in [3.05, 3.63) is 100 Å². The van der Waals surface area contributed by atoms with Crippen LogP contribution in [0.15, 0.2) is 72.8 Å². The molecule has 8 nitrogen and oxygen atoms in total. The minimum Gasteiger partial charge on any atom is -0.454 e. The molecular weight excluding hydrogens is 470 g/mol.